The van der Waals surface area contributed by atoms with Crippen LogP contribution in [0.25, 0.3) is 0 Å². The number of nitrogens with zero attached hydrogens (tertiary/aromatic N) is 2. The molecule has 0 fully saturated rings. The van der Waals surface area contributed by atoms with Gasteiger partial charge in [0.2, 0.25) is 5.41 Å². The van der Waals surface area contributed by atoms with Crippen molar-refractivity contribution in [3.63, 3.8) is 0 Å². The van der Waals surface area contributed by atoms with Crippen molar-refractivity contribution >= 4 is 33.4 Å². The summed E-state index contributed by atoms with van der Waals surface area (Å²) in [5.41, 5.74) is -1.42. The van der Waals surface area contributed by atoms with Gasteiger partial charge in [-0.05, 0) is 31.2 Å². The van der Waals surface area contributed by atoms with E-state index in [0.29, 0.717) is 5.06 Å². The molecular weight excluding hydrogens is 472 g/mol. The van der Waals surface area contributed by atoms with Crippen LogP contribution in [0.1, 0.15) is 11.1 Å². The first kappa shape index (κ1) is 24.1. The number of carbonyl (C=O) groups is 2. The van der Waals surface area contributed by atoms with Crippen LogP contribution in [0, 0.1) is 6.92 Å². The summed E-state index contributed by atoms with van der Waals surface area (Å²) in [5, 5.41) is 11.8. The number of carbonyl (C=O) groups excluding carboxylic acids is 2. The number of aryl methyl sites for hydroxylation is 1. The fourth-order valence-corrected chi connectivity index (χ4v) is 5.15. The SMILES string of the molecule is COC(=O)C1(C(=O)OC)/C(=C2\C=CC=C\C2=N/S(=O)(=O)c2ccc(C)cc2)N(O)c2ccccc21. The minimum Gasteiger partial charge on any atom is -0.468 e. The third-order valence-corrected chi connectivity index (χ3v) is 7.09. The van der Waals surface area contributed by atoms with E-state index in [9.17, 15) is 23.2 Å². The number of benzene rings is 2. The Bertz CT molecular complexity index is 1420. The molecule has 180 valence electrons. The number of hydroxylamine groups is 1. The van der Waals surface area contributed by atoms with Crippen molar-refractivity contribution in [2.75, 3.05) is 19.3 Å². The van der Waals surface area contributed by atoms with Gasteiger partial charge in [0.05, 0.1) is 36.2 Å². The van der Waals surface area contributed by atoms with Gasteiger partial charge >= 0.3 is 11.9 Å². The van der Waals surface area contributed by atoms with E-state index in [0.717, 1.165) is 19.8 Å². The number of hydrogen-bond acceptors (Lipinski definition) is 8. The van der Waals surface area contributed by atoms with Crippen LogP contribution in [0.3, 0.4) is 0 Å². The number of methoxy groups -OCH3 is 2. The van der Waals surface area contributed by atoms with E-state index in [1.54, 1.807) is 36.4 Å². The van der Waals surface area contributed by atoms with Crippen molar-refractivity contribution in [3.8, 4) is 0 Å². The Hall–Kier alpha value is -4.02. The minimum absolute atomic E-state index is 0.0256. The highest BCUT2D eigenvalue weighted by atomic mass is 32.2. The quantitative estimate of drug-likeness (QED) is 0.508. The van der Waals surface area contributed by atoms with Crippen molar-refractivity contribution in [3.05, 3.63) is 95.2 Å². The summed E-state index contributed by atoms with van der Waals surface area (Å²) >= 11 is 0. The molecule has 35 heavy (non-hydrogen) atoms. The molecule has 0 unspecified atom stereocenters. The maximum Gasteiger partial charge on any atom is 0.334 e. The Morgan fingerprint density at radius 1 is 0.943 bits per heavy atom. The number of para-hydroxylation sites is 1. The summed E-state index contributed by atoms with van der Waals surface area (Å²) in [5.74, 6) is -2.03. The molecule has 0 saturated heterocycles. The molecule has 2 aromatic carbocycles. The number of sulfonamides is 1. The van der Waals surface area contributed by atoms with Gasteiger partial charge < -0.3 is 9.47 Å². The van der Waals surface area contributed by atoms with E-state index in [-0.39, 0.29) is 33.1 Å². The molecule has 0 saturated carbocycles. The number of hydrogen-bond donors (Lipinski definition) is 1. The molecule has 2 aliphatic rings. The zero-order chi connectivity index (χ0) is 25.4. The smallest absolute Gasteiger partial charge is 0.334 e. The highest BCUT2D eigenvalue weighted by Crippen LogP contribution is 2.50. The van der Waals surface area contributed by atoms with Crippen LogP contribution in [0.5, 0.6) is 0 Å². The van der Waals surface area contributed by atoms with Crippen molar-refractivity contribution in [2.45, 2.75) is 17.2 Å². The summed E-state index contributed by atoms with van der Waals surface area (Å²) in [4.78, 5) is 26.5. The normalized spacial score (nSPS) is 19.5. The van der Waals surface area contributed by atoms with Gasteiger partial charge in [0.15, 0.2) is 0 Å². The summed E-state index contributed by atoms with van der Waals surface area (Å²) in [6.07, 6.45) is 5.98. The highest BCUT2D eigenvalue weighted by Gasteiger charge is 2.62. The van der Waals surface area contributed by atoms with E-state index in [1.807, 2.05) is 6.92 Å². The lowest BCUT2D eigenvalue weighted by molar-refractivity contribution is -0.159. The van der Waals surface area contributed by atoms with Crippen LogP contribution in [0.15, 0.2) is 93.4 Å². The fourth-order valence-electron chi connectivity index (χ4n) is 4.15. The predicted molar refractivity (Wildman–Crippen MR) is 128 cm³/mol. The summed E-state index contributed by atoms with van der Waals surface area (Å²) in [6, 6.07) is 12.4. The van der Waals surface area contributed by atoms with Crippen molar-refractivity contribution in [1.29, 1.82) is 0 Å². The molecule has 1 aliphatic heterocycles. The second-order valence-electron chi connectivity index (χ2n) is 7.81. The molecule has 1 aliphatic carbocycles. The predicted octanol–water partition coefficient (Wildman–Crippen LogP) is 3.00. The molecule has 0 radical (unpaired) electrons. The third-order valence-electron chi connectivity index (χ3n) is 5.78. The van der Waals surface area contributed by atoms with Gasteiger partial charge in [-0.15, -0.1) is 0 Å². The summed E-state index contributed by atoms with van der Waals surface area (Å²) < 4.78 is 40.1. The topological polar surface area (TPSA) is 123 Å². The largest absolute Gasteiger partial charge is 0.468 e. The average Bonchev–Trinajstić information content (AvgIpc) is 3.13. The number of anilines is 1. The Morgan fingerprint density at radius 2 is 1.54 bits per heavy atom. The molecule has 1 heterocycles. The van der Waals surface area contributed by atoms with Gasteiger partial charge in [0.1, 0.15) is 0 Å². The molecule has 0 spiro atoms. The molecule has 10 heteroatoms. The van der Waals surface area contributed by atoms with Crippen LogP contribution >= 0.6 is 0 Å². The molecular formula is C25H22N2O7S. The Morgan fingerprint density at radius 3 is 2.17 bits per heavy atom. The molecule has 0 bridgehead atoms. The number of fused-ring (bicyclic) bond motifs is 1. The van der Waals surface area contributed by atoms with Crippen LogP contribution < -0.4 is 5.06 Å². The first-order valence-corrected chi connectivity index (χ1v) is 11.9. The lowest BCUT2D eigenvalue weighted by Gasteiger charge is -2.28. The molecule has 2 aromatic rings. The summed E-state index contributed by atoms with van der Waals surface area (Å²) in [7, 11) is -1.97. The van der Waals surface area contributed by atoms with Crippen molar-refractivity contribution < 1.29 is 32.7 Å². The highest BCUT2D eigenvalue weighted by molar-refractivity contribution is 7.90. The number of esters is 2. The number of allylic oxidation sites excluding steroid dienone is 5. The third kappa shape index (κ3) is 3.76. The minimum atomic E-state index is -4.18. The number of rotatable bonds is 4. The maximum absolute atomic E-state index is 13.2. The van der Waals surface area contributed by atoms with Crippen LogP contribution in [-0.4, -0.2) is 45.5 Å². The fraction of sp³-hybridized carbons (Fsp3) is 0.160. The zero-order valence-electron chi connectivity index (χ0n) is 19.1. The van der Waals surface area contributed by atoms with Crippen LogP contribution in [0.4, 0.5) is 5.69 Å². The second kappa shape index (κ2) is 8.97. The monoisotopic (exact) mass is 494 g/mol. The average molecular weight is 495 g/mol. The molecule has 0 amide bonds. The van der Waals surface area contributed by atoms with E-state index in [4.69, 9.17) is 9.47 Å². The van der Waals surface area contributed by atoms with Crippen LogP contribution in [-0.2, 0) is 34.5 Å². The zero-order valence-corrected chi connectivity index (χ0v) is 19.9. The first-order valence-electron chi connectivity index (χ1n) is 10.4. The second-order valence-corrected chi connectivity index (χ2v) is 9.41. The van der Waals surface area contributed by atoms with Gasteiger partial charge in [-0.2, -0.15) is 12.8 Å². The van der Waals surface area contributed by atoms with Crippen molar-refractivity contribution in [2.24, 2.45) is 4.40 Å². The lowest BCUT2D eigenvalue weighted by atomic mass is 9.77. The summed E-state index contributed by atoms with van der Waals surface area (Å²) in [6.45, 7) is 1.83. The van der Waals surface area contributed by atoms with Crippen molar-refractivity contribution in [1.82, 2.24) is 0 Å². The van der Waals surface area contributed by atoms with Gasteiger partial charge in [-0.25, -0.2) is 5.06 Å². The molecule has 0 aromatic heterocycles. The van der Waals surface area contributed by atoms with E-state index < -0.39 is 27.4 Å². The van der Waals surface area contributed by atoms with E-state index >= 15 is 0 Å². The van der Waals surface area contributed by atoms with Gasteiger partial charge in [-0.3, -0.25) is 14.8 Å². The standard InChI is InChI=1S/C25H22N2O7S/c1-16-12-14-17(15-13-16)35(31,32)26-20-10-6-4-8-18(20)22-25(23(28)33-2,24(29)34-3)19-9-5-7-11-21(19)27(22)30/h4-15,30H,1-3H3/b22-18-,26-20+. The van der Waals surface area contributed by atoms with Crippen LogP contribution in [0.2, 0.25) is 0 Å². The molecule has 1 N–H and O–H groups in total. The number of ether oxygens (including phenoxy) is 2. The first-order chi connectivity index (χ1) is 16.7. The van der Waals surface area contributed by atoms with Gasteiger partial charge in [0.25, 0.3) is 10.0 Å². The molecule has 0 atom stereocenters. The lowest BCUT2D eigenvalue weighted by Crippen LogP contribution is -2.48. The Kier molecular flexibility index (Phi) is 6.18. The van der Waals surface area contributed by atoms with Gasteiger partial charge in [0, 0.05) is 11.1 Å². The molecule has 4 rings (SSSR count). The van der Waals surface area contributed by atoms with E-state index in [1.165, 1.54) is 36.4 Å². The van der Waals surface area contributed by atoms with E-state index in [2.05, 4.69) is 4.40 Å². The maximum atomic E-state index is 13.2. The Balaban J connectivity index is 2.04. The van der Waals surface area contributed by atoms with Gasteiger partial charge in [-0.1, -0.05) is 54.1 Å². The molecule has 9 nitrogen and oxygen atoms in total. The Labute approximate surface area is 202 Å².